The summed E-state index contributed by atoms with van der Waals surface area (Å²) in [7, 11) is 0. The van der Waals surface area contributed by atoms with Crippen molar-refractivity contribution < 1.29 is 142 Å². The minimum Gasteiger partial charge on any atom is -0.691 e. The van der Waals surface area contributed by atoms with E-state index in [0.29, 0.717) is 67.6 Å². The average Bonchev–Trinajstić information content (AvgIpc) is 3.28. The zero-order valence-corrected chi connectivity index (χ0v) is 44.3. The number of carbonyl (C=O) groups is 1. The van der Waals surface area contributed by atoms with Crippen LogP contribution in [0.5, 0.6) is 11.5 Å². The van der Waals surface area contributed by atoms with E-state index in [2.05, 4.69) is 60.1 Å². The molecule has 6 rings (SSSR count). The number of hydrogen-bond donors (Lipinski definition) is 3. The van der Waals surface area contributed by atoms with E-state index in [4.69, 9.17) is 9.47 Å². The predicted octanol–water partition coefficient (Wildman–Crippen LogP) is 0.164. The molecule has 0 aliphatic rings. The number of aromatic hydroxyl groups is 1. The summed E-state index contributed by atoms with van der Waals surface area (Å²) in [4.78, 5) is 11.5. The molecule has 0 amide bonds. The van der Waals surface area contributed by atoms with Crippen LogP contribution >= 0.6 is 24.1 Å². The van der Waals surface area contributed by atoms with Gasteiger partial charge in [0.25, 0.3) is 0 Å². The number of ether oxygens (including phenoxy) is 2. The van der Waals surface area contributed by atoms with Gasteiger partial charge in [0.1, 0.15) is 18.2 Å². The summed E-state index contributed by atoms with van der Waals surface area (Å²) in [6, 6.07) is 30.1. The summed E-state index contributed by atoms with van der Waals surface area (Å²) in [5, 5.41) is 82.9. The molecule has 0 fully saturated rings. The van der Waals surface area contributed by atoms with E-state index in [1.54, 1.807) is 78.9 Å². The van der Waals surface area contributed by atoms with Crippen LogP contribution in [0.25, 0.3) is 10.8 Å². The van der Waals surface area contributed by atoms with Gasteiger partial charge in [-0.25, -0.2) is 0 Å². The number of nitrogens with one attached hydrogen (secondary N) is 2. The SMILES string of the molecule is Cc1cc(N=Nc2ccc(N=Nc3c(SOO[O-])cc4cc(NCOCCC(=O)[O-])ccc4c3O)cc2C)c(C)cc1N=Nc1ccc(OCNc2ccc(SOO[O-])cc2)cc1.[Na+].[Na+].[Na+]. The Hall–Kier alpha value is -3.53. The fourth-order valence-corrected chi connectivity index (χ4v) is 6.52. The maximum atomic E-state index is 11.2. The number of fused-ring (bicyclic) bond motifs is 1. The Morgan fingerprint density at radius 1 is 0.636 bits per heavy atom. The summed E-state index contributed by atoms with van der Waals surface area (Å²) in [6.07, 6.45) is -0.232. The van der Waals surface area contributed by atoms with E-state index >= 15 is 0 Å². The molecule has 24 heteroatoms. The van der Waals surface area contributed by atoms with Crippen LogP contribution in [0.3, 0.4) is 0 Å². The van der Waals surface area contributed by atoms with Crippen molar-refractivity contribution in [2.75, 3.05) is 30.7 Å². The van der Waals surface area contributed by atoms with Gasteiger partial charge in [0.05, 0.1) is 64.0 Å². The van der Waals surface area contributed by atoms with E-state index < -0.39 is 5.97 Å². The number of phenolic OH excluding ortho intramolecular Hbond substituents is 1. The first-order chi connectivity index (χ1) is 30.6. The molecule has 0 aliphatic heterocycles. The number of nitrogens with zero attached hydrogens (tertiary/aromatic N) is 6. The third kappa shape index (κ3) is 17.2. The fourth-order valence-electron chi connectivity index (χ4n) is 5.67. The molecule has 3 N–H and O–H groups in total. The zero-order chi connectivity index (χ0) is 44.6. The van der Waals surface area contributed by atoms with Crippen LogP contribution in [0.15, 0.2) is 144 Å². The number of carboxylic acids is 1. The molecule has 0 saturated heterocycles. The number of carboxylic acid groups (broad SMARTS) is 1. The number of aryl methyl sites for hydroxylation is 3. The van der Waals surface area contributed by atoms with Crippen LogP contribution in [0.2, 0.25) is 0 Å². The Morgan fingerprint density at radius 2 is 1.23 bits per heavy atom. The smallest absolute Gasteiger partial charge is 0.691 e. The molecule has 0 atom stereocenters. The summed E-state index contributed by atoms with van der Waals surface area (Å²) in [5.41, 5.74) is 6.99. The third-order valence-corrected chi connectivity index (χ3v) is 10.1. The second kappa shape index (κ2) is 29.4. The number of carbonyl (C=O) groups excluding carboxylic acids is 1. The van der Waals surface area contributed by atoms with E-state index in [-0.39, 0.29) is 131 Å². The average molecular weight is 963 g/mol. The molecule has 6 aromatic rings. The Kier molecular flexibility index (Phi) is 25.3. The topological polar surface area (TPSA) is 260 Å². The molecule has 0 saturated carbocycles. The maximum absolute atomic E-state index is 11.2. The second-order valence-electron chi connectivity index (χ2n) is 13.3. The first kappa shape index (κ1) is 56.8. The van der Waals surface area contributed by atoms with Crippen molar-refractivity contribution in [3.63, 3.8) is 0 Å². The number of azo groups is 3. The van der Waals surface area contributed by atoms with Crippen molar-refractivity contribution in [1.82, 2.24) is 0 Å². The van der Waals surface area contributed by atoms with Gasteiger partial charge in [0.15, 0.2) is 12.5 Å². The van der Waals surface area contributed by atoms with Crippen LogP contribution in [0.4, 0.5) is 45.5 Å². The number of hydrogen-bond acceptors (Lipinski definition) is 21. The van der Waals surface area contributed by atoms with Gasteiger partial charge in [-0.05, 0) is 146 Å². The minimum atomic E-state index is -1.21. The Labute approximate surface area is 453 Å². The Morgan fingerprint density at radius 3 is 1.89 bits per heavy atom. The van der Waals surface area contributed by atoms with Crippen LogP contribution < -0.4 is 120 Å². The van der Waals surface area contributed by atoms with Crippen LogP contribution in [-0.4, -0.2) is 31.1 Å². The van der Waals surface area contributed by atoms with E-state index in [9.17, 15) is 25.5 Å². The summed E-state index contributed by atoms with van der Waals surface area (Å²) in [5.74, 6) is -0.775. The Balaban J connectivity index is 0.00000385. The first-order valence-electron chi connectivity index (χ1n) is 18.7. The molecular formula is C42H37N8Na3O11S2. The van der Waals surface area contributed by atoms with E-state index in [1.165, 1.54) is 0 Å². The number of rotatable bonds is 22. The van der Waals surface area contributed by atoms with Gasteiger partial charge in [-0.3, -0.25) is 10.1 Å². The predicted molar refractivity (Wildman–Crippen MR) is 227 cm³/mol. The van der Waals surface area contributed by atoms with Crippen LogP contribution in [-0.2, 0) is 28.3 Å². The molecule has 19 nitrogen and oxygen atoms in total. The van der Waals surface area contributed by atoms with Crippen molar-refractivity contribution in [3.8, 4) is 11.5 Å². The number of benzene rings is 6. The van der Waals surface area contributed by atoms with Crippen LogP contribution in [0, 0.1) is 20.8 Å². The maximum Gasteiger partial charge on any atom is 1.00 e. The number of anilines is 2. The molecule has 0 radical (unpaired) electrons. The summed E-state index contributed by atoms with van der Waals surface area (Å²) in [6.45, 7) is 5.93. The summed E-state index contributed by atoms with van der Waals surface area (Å²) >= 11 is 1.37. The molecule has 66 heavy (non-hydrogen) atoms. The largest absolute Gasteiger partial charge is 1.00 e. The molecular weight excluding hydrogens is 926 g/mol. The van der Waals surface area contributed by atoms with Gasteiger partial charge < -0.3 is 45.6 Å². The van der Waals surface area contributed by atoms with E-state index in [0.717, 1.165) is 34.4 Å². The first-order valence-corrected chi connectivity index (χ1v) is 20.2. The third-order valence-electron chi connectivity index (χ3n) is 8.89. The van der Waals surface area contributed by atoms with Crippen molar-refractivity contribution in [1.29, 1.82) is 0 Å². The fraction of sp³-hybridized carbons (Fsp3) is 0.167. The minimum absolute atomic E-state index is 0. The summed E-state index contributed by atoms with van der Waals surface area (Å²) < 4.78 is 19.9. The zero-order valence-electron chi connectivity index (χ0n) is 36.7. The van der Waals surface area contributed by atoms with Gasteiger partial charge in [-0.1, -0.05) is 0 Å². The molecule has 6 aromatic carbocycles. The van der Waals surface area contributed by atoms with Gasteiger partial charge in [-0.2, -0.15) is 34.2 Å². The molecule has 0 heterocycles. The van der Waals surface area contributed by atoms with Crippen molar-refractivity contribution in [3.05, 3.63) is 120 Å². The molecule has 326 valence electrons. The second-order valence-corrected chi connectivity index (χ2v) is 14.8. The number of aliphatic carboxylic acids is 1. The van der Waals surface area contributed by atoms with Gasteiger partial charge >= 0.3 is 88.7 Å². The Bertz CT molecular complexity index is 2620. The van der Waals surface area contributed by atoms with Gasteiger partial charge in [0, 0.05) is 34.0 Å². The van der Waals surface area contributed by atoms with Gasteiger partial charge in [-0.15, -0.1) is 5.11 Å². The molecule has 0 spiro atoms. The van der Waals surface area contributed by atoms with E-state index in [1.807, 2.05) is 45.0 Å². The van der Waals surface area contributed by atoms with Gasteiger partial charge in [0.2, 0.25) is 0 Å². The van der Waals surface area contributed by atoms with Crippen molar-refractivity contribution >= 4 is 86.3 Å². The quantitative estimate of drug-likeness (QED) is 0.0156. The monoisotopic (exact) mass is 962 g/mol. The molecule has 0 aliphatic carbocycles. The van der Waals surface area contributed by atoms with Crippen molar-refractivity contribution in [2.45, 2.75) is 37.0 Å². The standard InChI is InChI=1S/C42H40N8O11S2.3Na/c1-25-18-32(46-50-41-39(63-61-59-55)22-28-21-31(8-14-35(28)42(41)53)43-23-56-17-16-40(51)52)9-15-36(25)47-49-38-20-26(2)37(19-27(38)3)48-45-30-4-10-33(11-5-30)57-24-44-29-6-12-34(13-7-29)62-60-58-54;;;/h4-15,18-22,43-44,53-55H,16-17,23-24H2,1-3H3,(H,51,52);;;/q;3*+1/p-3. The van der Waals surface area contributed by atoms with Crippen molar-refractivity contribution in [2.24, 2.45) is 30.7 Å². The normalized spacial score (nSPS) is 11.1. The number of phenols is 1. The molecule has 0 aromatic heterocycles. The van der Waals surface area contributed by atoms with Crippen LogP contribution in [0.1, 0.15) is 23.1 Å². The molecule has 0 bridgehead atoms. The molecule has 0 unspecified atom stereocenters.